The number of nitrogens with zero attached hydrogens (tertiary/aromatic N) is 2. The van der Waals surface area contributed by atoms with Crippen LogP contribution >= 0.6 is 0 Å². The van der Waals surface area contributed by atoms with Gasteiger partial charge in [0.1, 0.15) is 11.3 Å². The van der Waals surface area contributed by atoms with Gasteiger partial charge in [0.25, 0.3) is 0 Å². The zero-order chi connectivity index (χ0) is 16.0. The van der Waals surface area contributed by atoms with Crippen LogP contribution in [0.15, 0.2) is 59.7 Å². The maximum absolute atomic E-state index is 13.8. The van der Waals surface area contributed by atoms with Crippen LogP contribution in [0.4, 0.5) is 4.39 Å². The van der Waals surface area contributed by atoms with Crippen molar-refractivity contribution in [3.63, 3.8) is 0 Å². The number of rotatable bonds is 1. The van der Waals surface area contributed by atoms with E-state index < -0.39 is 0 Å². The third kappa shape index (κ3) is 2.42. The highest BCUT2D eigenvalue weighted by molar-refractivity contribution is 6.15. The molecule has 0 atom stereocenters. The average molecular weight is 304 g/mol. The number of benzene rings is 2. The van der Waals surface area contributed by atoms with Crippen LogP contribution in [0, 0.1) is 5.82 Å². The van der Waals surface area contributed by atoms with Crippen LogP contribution in [-0.4, -0.2) is 16.2 Å². The van der Waals surface area contributed by atoms with Crippen LogP contribution in [0.1, 0.15) is 30.5 Å². The topological polar surface area (TPSA) is 25.2 Å². The van der Waals surface area contributed by atoms with E-state index in [2.05, 4.69) is 37.0 Å². The van der Waals surface area contributed by atoms with E-state index in [-0.39, 0.29) is 11.4 Å². The van der Waals surface area contributed by atoms with Crippen molar-refractivity contribution in [3.8, 4) is 0 Å². The van der Waals surface area contributed by atoms with Crippen LogP contribution in [0.5, 0.6) is 0 Å². The van der Waals surface area contributed by atoms with Crippen LogP contribution in [0.25, 0.3) is 10.9 Å². The number of pyridine rings is 1. The molecule has 0 saturated heterocycles. The van der Waals surface area contributed by atoms with Crippen molar-refractivity contribution in [1.82, 2.24) is 4.98 Å². The molecule has 2 aromatic carbocycles. The van der Waals surface area contributed by atoms with Crippen molar-refractivity contribution in [2.75, 3.05) is 0 Å². The van der Waals surface area contributed by atoms with Crippen molar-refractivity contribution in [3.05, 3.63) is 77.2 Å². The molecule has 0 bridgehead atoms. The van der Waals surface area contributed by atoms with E-state index in [1.54, 1.807) is 12.3 Å². The molecule has 1 aliphatic rings. The minimum Gasteiger partial charge on any atom is -0.278 e. The molecule has 0 spiro atoms. The average Bonchev–Trinajstić information content (AvgIpc) is 2.53. The lowest BCUT2D eigenvalue weighted by atomic mass is 9.85. The largest absolute Gasteiger partial charge is 0.278 e. The van der Waals surface area contributed by atoms with Crippen LogP contribution < -0.4 is 0 Å². The molecule has 0 aliphatic carbocycles. The number of aliphatic imine (C=N–C) groups is 1. The third-order valence-corrected chi connectivity index (χ3v) is 4.25. The van der Waals surface area contributed by atoms with Crippen molar-refractivity contribution in [2.24, 2.45) is 4.99 Å². The molecule has 0 radical (unpaired) electrons. The van der Waals surface area contributed by atoms with Gasteiger partial charge >= 0.3 is 0 Å². The van der Waals surface area contributed by atoms with Crippen LogP contribution in [0.3, 0.4) is 0 Å². The molecular weight excluding hydrogens is 287 g/mol. The Kier molecular flexibility index (Phi) is 3.05. The van der Waals surface area contributed by atoms with E-state index in [1.807, 2.05) is 18.2 Å². The first-order valence-electron chi connectivity index (χ1n) is 7.76. The van der Waals surface area contributed by atoms with Gasteiger partial charge < -0.3 is 0 Å². The zero-order valence-electron chi connectivity index (χ0n) is 13.2. The second-order valence-electron chi connectivity index (χ2n) is 6.64. The van der Waals surface area contributed by atoms with Gasteiger partial charge in [0.05, 0.1) is 11.3 Å². The molecule has 0 unspecified atom stereocenters. The molecule has 1 aromatic heterocycles. The molecule has 1 aliphatic heterocycles. The van der Waals surface area contributed by atoms with Gasteiger partial charge in [-0.1, -0.05) is 36.4 Å². The van der Waals surface area contributed by atoms with Gasteiger partial charge in [-0.2, -0.15) is 0 Å². The molecule has 23 heavy (non-hydrogen) atoms. The molecule has 3 heteroatoms. The molecule has 0 N–H and O–H groups in total. The normalized spacial score (nSPS) is 16.0. The molecule has 2 nitrogen and oxygen atoms in total. The van der Waals surface area contributed by atoms with E-state index >= 15 is 0 Å². The second-order valence-corrected chi connectivity index (χ2v) is 6.64. The molecule has 0 fully saturated rings. The maximum atomic E-state index is 13.8. The highest BCUT2D eigenvalue weighted by atomic mass is 19.1. The standard InChI is InChI=1S/C20H17FN2/c1-20(2)11-14-6-3-4-8-16(14)18(23-20)15-10-13-7-5-9-17(21)19(13)22-12-15/h3-10,12H,11H2,1-2H3. The number of aromatic nitrogens is 1. The number of hydrogen-bond acceptors (Lipinski definition) is 2. The summed E-state index contributed by atoms with van der Waals surface area (Å²) in [6.07, 6.45) is 2.64. The summed E-state index contributed by atoms with van der Waals surface area (Å²) < 4.78 is 13.8. The Balaban J connectivity index is 1.94. The predicted octanol–water partition coefficient (Wildman–Crippen LogP) is 4.55. The van der Waals surface area contributed by atoms with Gasteiger partial charge in [-0.25, -0.2) is 4.39 Å². The monoisotopic (exact) mass is 304 g/mol. The molecule has 2 heterocycles. The highest BCUT2D eigenvalue weighted by Gasteiger charge is 2.27. The lowest BCUT2D eigenvalue weighted by Gasteiger charge is -2.29. The number of para-hydroxylation sites is 1. The Morgan fingerprint density at radius 3 is 2.74 bits per heavy atom. The summed E-state index contributed by atoms with van der Waals surface area (Å²) in [6.45, 7) is 4.27. The van der Waals surface area contributed by atoms with Gasteiger partial charge in [-0.05, 0) is 38.0 Å². The molecule has 0 saturated carbocycles. The molecular formula is C20H17FN2. The Morgan fingerprint density at radius 2 is 1.87 bits per heavy atom. The number of hydrogen-bond donors (Lipinski definition) is 0. The van der Waals surface area contributed by atoms with E-state index in [0.717, 1.165) is 28.6 Å². The fourth-order valence-electron chi connectivity index (χ4n) is 3.25. The Bertz CT molecular complexity index is 941. The minimum absolute atomic E-state index is 0.152. The van der Waals surface area contributed by atoms with Gasteiger partial charge in [0, 0.05) is 22.7 Å². The first-order chi connectivity index (χ1) is 11.0. The van der Waals surface area contributed by atoms with E-state index in [1.165, 1.54) is 11.6 Å². The summed E-state index contributed by atoms with van der Waals surface area (Å²) in [5.74, 6) is -0.291. The quantitative estimate of drug-likeness (QED) is 0.647. The van der Waals surface area contributed by atoms with Gasteiger partial charge in [0.15, 0.2) is 0 Å². The smallest absolute Gasteiger partial charge is 0.149 e. The van der Waals surface area contributed by atoms with Crippen molar-refractivity contribution in [1.29, 1.82) is 0 Å². The highest BCUT2D eigenvalue weighted by Crippen LogP contribution is 2.30. The van der Waals surface area contributed by atoms with Gasteiger partial charge in [0.2, 0.25) is 0 Å². The maximum Gasteiger partial charge on any atom is 0.149 e. The zero-order valence-corrected chi connectivity index (χ0v) is 13.2. The summed E-state index contributed by atoms with van der Waals surface area (Å²) in [5.41, 5.74) is 4.56. The summed E-state index contributed by atoms with van der Waals surface area (Å²) in [7, 11) is 0. The third-order valence-electron chi connectivity index (χ3n) is 4.25. The summed E-state index contributed by atoms with van der Waals surface area (Å²) >= 11 is 0. The van der Waals surface area contributed by atoms with Crippen LogP contribution in [0.2, 0.25) is 0 Å². The lowest BCUT2D eigenvalue weighted by Crippen LogP contribution is -2.29. The Labute approximate surface area is 134 Å². The predicted molar refractivity (Wildman–Crippen MR) is 91.6 cm³/mol. The van der Waals surface area contributed by atoms with Gasteiger partial charge in [-0.3, -0.25) is 9.98 Å². The van der Waals surface area contributed by atoms with Crippen molar-refractivity contribution in [2.45, 2.75) is 25.8 Å². The fraction of sp³-hybridized carbons (Fsp3) is 0.200. The Hall–Kier alpha value is -2.55. The first-order valence-corrected chi connectivity index (χ1v) is 7.76. The Morgan fingerprint density at radius 1 is 1.04 bits per heavy atom. The minimum atomic E-state index is -0.291. The van der Waals surface area contributed by atoms with Crippen molar-refractivity contribution >= 4 is 16.6 Å². The molecule has 3 aromatic rings. The lowest BCUT2D eigenvalue weighted by molar-refractivity contribution is 0.513. The molecule has 4 rings (SSSR count). The summed E-state index contributed by atoms with van der Waals surface area (Å²) in [6, 6.07) is 15.3. The van der Waals surface area contributed by atoms with E-state index in [9.17, 15) is 4.39 Å². The first kappa shape index (κ1) is 14.1. The SMILES string of the molecule is CC1(C)Cc2ccccc2C(c2cnc3c(F)cccc3c2)=N1. The summed E-state index contributed by atoms with van der Waals surface area (Å²) in [4.78, 5) is 9.26. The second kappa shape index (κ2) is 4.98. The van der Waals surface area contributed by atoms with E-state index in [0.29, 0.717) is 5.52 Å². The number of halogens is 1. The summed E-state index contributed by atoms with van der Waals surface area (Å²) in [5, 5.41) is 0.797. The van der Waals surface area contributed by atoms with Crippen molar-refractivity contribution < 1.29 is 4.39 Å². The molecule has 0 amide bonds. The fourth-order valence-corrected chi connectivity index (χ4v) is 3.25. The van der Waals surface area contributed by atoms with E-state index in [4.69, 9.17) is 4.99 Å². The van der Waals surface area contributed by atoms with Crippen LogP contribution in [-0.2, 0) is 6.42 Å². The number of fused-ring (bicyclic) bond motifs is 2. The molecule has 114 valence electrons. The van der Waals surface area contributed by atoms with Gasteiger partial charge in [-0.15, -0.1) is 0 Å².